The standard InChI is InChI=1S/C17H28O4.C3H4O2/c1-5-9-18-13-17(14-19-10-6-2,15-20-11-7-3)16-21-12-8-4;1-2-3(4)5/h5-8H,1-4,9-16H2;2H,1H2,(H,4,5). The van der Waals surface area contributed by atoms with Gasteiger partial charge in [0.05, 0.1) is 58.3 Å². The highest BCUT2D eigenvalue weighted by molar-refractivity contribution is 5.78. The molecule has 148 valence electrons. The zero-order valence-corrected chi connectivity index (χ0v) is 15.6. The molecule has 0 heterocycles. The van der Waals surface area contributed by atoms with Crippen molar-refractivity contribution in [1.82, 2.24) is 0 Å². The van der Waals surface area contributed by atoms with Crippen LogP contribution >= 0.6 is 0 Å². The van der Waals surface area contributed by atoms with Crippen molar-refractivity contribution in [3.05, 3.63) is 63.3 Å². The number of carboxylic acid groups (broad SMARTS) is 1. The summed E-state index contributed by atoms with van der Waals surface area (Å²) in [6, 6.07) is 0. The predicted molar refractivity (Wildman–Crippen MR) is 104 cm³/mol. The normalized spacial score (nSPS) is 10.2. The Kier molecular flexibility index (Phi) is 19.5. The maximum Gasteiger partial charge on any atom is 0.327 e. The second-order valence-electron chi connectivity index (χ2n) is 5.26. The molecular weight excluding hydrogens is 336 g/mol. The molecule has 0 aliphatic rings. The first kappa shape index (κ1) is 26.2. The maximum absolute atomic E-state index is 9.25. The third-order valence-corrected chi connectivity index (χ3v) is 2.75. The average Bonchev–Trinajstić information content (AvgIpc) is 2.63. The van der Waals surface area contributed by atoms with Gasteiger partial charge in [0.2, 0.25) is 0 Å². The fourth-order valence-corrected chi connectivity index (χ4v) is 1.69. The minimum atomic E-state index is -0.981. The molecule has 0 rings (SSSR count). The lowest BCUT2D eigenvalue weighted by molar-refractivity contribution is -0.131. The van der Waals surface area contributed by atoms with Crippen LogP contribution in [0.4, 0.5) is 0 Å². The van der Waals surface area contributed by atoms with Crippen LogP contribution in [-0.4, -0.2) is 63.9 Å². The summed E-state index contributed by atoms with van der Waals surface area (Å²) in [5.41, 5.74) is -0.377. The SMILES string of the molecule is C=CC(=O)O.C=CCOCC(COCC=C)(COCC=C)COCC=C. The minimum Gasteiger partial charge on any atom is -0.478 e. The summed E-state index contributed by atoms with van der Waals surface area (Å²) in [4.78, 5) is 9.25. The molecule has 0 atom stereocenters. The molecular formula is C20H32O6. The van der Waals surface area contributed by atoms with Crippen molar-refractivity contribution in [2.24, 2.45) is 5.41 Å². The van der Waals surface area contributed by atoms with Crippen molar-refractivity contribution in [3.63, 3.8) is 0 Å². The summed E-state index contributed by atoms with van der Waals surface area (Å²) in [5.74, 6) is -0.981. The molecule has 6 nitrogen and oxygen atoms in total. The van der Waals surface area contributed by atoms with E-state index in [0.29, 0.717) is 52.9 Å². The monoisotopic (exact) mass is 368 g/mol. The van der Waals surface area contributed by atoms with Crippen molar-refractivity contribution >= 4 is 5.97 Å². The van der Waals surface area contributed by atoms with E-state index in [4.69, 9.17) is 24.1 Å². The molecule has 0 aliphatic heterocycles. The van der Waals surface area contributed by atoms with E-state index in [0.717, 1.165) is 6.08 Å². The van der Waals surface area contributed by atoms with E-state index >= 15 is 0 Å². The molecule has 6 heteroatoms. The van der Waals surface area contributed by atoms with Gasteiger partial charge in [0.15, 0.2) is 0 Å². The molecule has 0 aromatic rings. The molecule has 0 unspecified atom stereocenters. The van der Waals surface area contributed by atoms with E-state index in [1.165, 1.54) is 0 Å². The van der Waals surface area contributed by atoms with Crippen LogP contribution in [-0.2, 0) is 23.7 Å². The second kappa shape index (κ2) is 19.3. The Labute approximate surface area is 157 Å². The molecule has 0 amide bonds. The molecule has 0 fully saturated rings. The van der Waals surface area contributed by atoms with Gasteiger partial charge in [-0.3, -0.25) is 0 Å². The summed E-state index contributed by atoms with van der Waals surface area (Å²) in [6.45, 7) is 21.3. The first-order valence-electron chi connectivity index (χ1n) is 8.11. The summed E-state index contributed by atoms with van der Waals surface area (Å²) in [7, 11) is 0. The zero-order valence-electron chi connectivity index (χ0n) is 15.6. The van der Waals surface area contributed by atoms with Gasteiger partial charge in [-0.25, -0.2) is 4.79 Å². The van der Waals surface area contributed by atoms with Gasteiger partial charge in [0.25, 0.3) is 0 Å². The average molecular weight is 368 g/mol. The molecule has 1 N–H and O–H groups in total. The van der Waals surface area contributed by atoms with Crippen molar-refractivity contribution < 1.29 is 28.8 Å². The minimum absolute atomic E-state index is 0.377. The molecule has 0 bridgehead atoms. The van der Waals surface area contributed by atoms with E-state index in [9.17, 15) is 4.79 Å². The quantitative estimate of drug-likeness (QED) is 0.242. The molecule has 26 heavy (non-hydrogen) atoms. The number of ether oxygens (including phenoxy) is 4. The van der Waals surface area contributed by atoms with Crippen molar-refractivity contribution in [2.45, 2.75) is 0 Å². The van der Waals surface area contributed by atoms with Crippen molar-refractivity contribution in [2.75, 3.05) is 52.9 Å². The number of hydrogen-bond acceptors (Lipinski definition) is 5. The van der Waals surface area contributed by atoms with Crippen LogP contribution in [0.5, 0.6) is 0 Å². The number of aliphatic carboxylic acids is 1. The van der Waals surface area contributed by atoms with Gasteiger partial charge in [-0.1, -0.05) is 30.9 Å². The van der Waals surface area contributed by atoms with Gasteiger partial charge < -0.3 is 24.1 Å². The Hall–Kier alpha value is -1.99. The molecule has 0 saturated carbocycles. The Morgan fingerprint density at radius 1 is 0.692 bits per heavy atom. The van der Waals surface area contributed by atoms with E-state index in [1.807, 2.05) is 0 Å². The Bertz CT molecular complexity index is 355. The fourth-order valence-electron chi connectivity index (χ4n) is 1.69. The summed E-state index contributed by atoms with van der Waals surface area (Å²) < 4.78 is 22.4. The number of rotatable bonds is 17. The molecule has 0 spiro atoms. The van der Waals surface area contributed by atoms with Crippen LogP contribution in [0.1, 0.15) is 0 Å². The maximum atomic E-state index is 9.25. The summed E-state index contributed by atoms with van der Waals surface area (Å²) >= 11 is 0. The van der Waals surface area contributed by atoms with Crippen molar-refractivity contribution in [1.29, 1.82) is 0 Å². The lowest BCUT2D eigenvalue weighted by Gasteiger charge is -2.32. The van der Waals surface area contributed by atoms with E-state index in [-0.39, 0.29) is 5.41 Å². The van der Waals surface area contributed by atoms with Gasteiger partial charge in [-0.05, 0) is 0 Å². The van der Waals surface area contributed by atoms with Crippen LogP contribution < -0.4 is 0 Å². The largest absolute Gasteiger partial charge is 0.478 e. The number of carboxylic acids is 1. The zero-order chi connectivity index (χ0) is 20.1. The van der Waals surface area contributed by atoms with Gasteiger partial charge in [0.1, 0.15) is 0 Å². The first-order valence-corrected chi connectivity index (χ1v) is 8.11. The molecule has 0 aromatic carbocycles. The predicted octanol–water partition coefficient (Wildman–Crippen LogP) is 3.04. The number of carbonyl (C=O) groups is 1. The third kappa shape index (κ3) is 16.9. The van der Waals surface area contributed by atoms with E-state index in [1.54, 1.807) is 24.3 Å². The third-order valence-electron chi connectivity index (χ3n) is 2.75. The fraction of sp³-hybridized carbons (Fsp3) is 0.450. The highest BCUT2D eigenvalue weighted by atomic mass is 16.5. The molecule has 0 aromatic heterocycles. The van der Waals surface area contributed by atoms with Crippen LogP contribution in [0.2, 0.25) is 0 Å². The Balaban J connectivity index is 0. The summed E-state index contributed by atoms with van der Waals surface area (Å²) in [6.07, 6.45) is 7.68. The van der Waals surface area contributed by atoms with E-state index in [2.05, 4.69) is 32.9 Å². The molecule has 0 aliphatic carbocycles. The highest BCUT2D eigenvalue weighted by Gasteiger charge is 2.32. The Morgan fingerprint density at radius 3 is 1.08 bits per heavy atom. The topological polar surface area (TPSA) is 74.2 Å². The molecule has 0 radical (unpaired) electrons. The van der Waals surface area contributed by atoms with Gasteiger partial charge >= 0.3 is 5.97 Å². The van der Waals surface area contributed by atoms with Gasteiger partial charge in [0, 0.05) is 6.08 Å². The van der Waals surface area contributed by atoms with Gasteiger partial charge in [-0.15, -0.1) is 26.3 Å². The smallest absolute Gasteiger partial charge is 0.327 e. The van der Waals surface area contributed by atoms with Crippen LogP contribution in [0.3, 0.4) is 0 Å². The lowest BCUT2D eigenvalue weighted by Crippen LogP contribution is -2.42. The van der Waals surface area contributed by atoms with Gasteiger partial charge in [-0.2, -0.15) is 0 Å². The van der Waals surface area contributed by atoms with Crippen molar-refractivity contribution in [3.8, 4) is 0 Å². The van der Waals surface area contributed by atoms with Crippen LogP contribution in [0, 0.1) is 5.41 Å². The summed E-state index contributed by atoms with van der Waals surface area (Å²) in [5, 5.41) is 7.60. The second-order valence-corrected chi connectivity index (χ2v) is 5.26. The highest BCUT2D eigenvalue weighted by Crippen LogP contribution is 2.21. The Morgan fingerprint density at radius 2 is 0.923 bits per heavy atom. The van der Waals surface area contributed by atoms with Crippen LogP contribution in [0.25, 0.3) is 0 Å². The lowest BCUT2D eigenvalue weighted by atomic mass is 9.92. The molecule has 0 saturated heterocycles. The first-order chi connectivity index (χ1) is 12.5. The van der Waals surface area contributed by atoms with E-state index < -0.39 is 5.97 Å². The van der Waals surface area contributed by atoms with Crippen LogP contribution in [0.15, 0.2) is 63.3 Å². The number of hydrogen-bond donors (Lipinski definition) is 1.